The number of halogens is 1. The molecule has 0 radical (unpaired) electrons. The van der Waals surface area contributed by atoms with E-state index in [0.717, 1.165) is 22.6 Å². The summed E-state index contributed by atoms with van der Waals surface area (Å²) in [4.78, 5) is 29.0. The standard InChI is InChI=1S/C25H34ClN5O2/c1-16(2)29(4)14-20(18-5-7-19(26)8-6-18)25(33)31-11-9-30(10-12-31)24-22-17(3)13-21(32)23(22)27-15-28-24/h5-8,15-17,20-21,32H,9-14H2,1-4H3/t17-,20?,21-/m1/s1. The van der Waals surface area contributed by atoms with Gasteiger partial charge in [0.25, 0.3) is 0 Å². The van der Waals surface area contributed by atoms with Gasteiger partial charge in [-0.25, -0.2) is 9.97 Å². The van der Waals surface area contributed by atoms with Gasteiger partial charge in [0.2, 0.25) is 5.91 Å². The Balaban J connectivity index is 1.49. The Bertz CT molecular complexity index is 975. The minimum absolute atomic E-state index is 0.154. The lowest BCUT2D eigenvalue weighted by Gasteiger charge is -2.38. The number of carbonyl (C=O) groups is 1. The first-order valence-corrected chi connectivity index (χ1v) is 12.2. The van der Waals surface area contributed by atoms with Gasteiger partial charge in [-0.1, -0.05) is 30.7 Å². The molecule has 0 bridgehead atoms. The highest BCUT2D eigenvalue weighted by Gasteiger charge is 2.35. The van der Waals surface area contributed by atoms with Gasteiger partial charge in [-0.2, -0.15) is 0 Å². The van der Waals surface area contributed by atoms with Gasteiger partial charge in [0.05, 0.1) is 17.7 Å². The van der Waals surface area contributed by atoms with Crippen molar-refractivity contribution in [2.45, 2.75) is 51.2 Å². The summed E-state index contributed by atoms with van der Waals surface area (Å²) in [7, 11) is 2.06. The van der Waals surface area contributed by atoms with E-state index in [2.05, 4.69) is 47.6 Å². The van der Waals surface area contributed by atoms with Crippen LogP contribution in [0.25, 0.3) is 0 Å². The van der Waals surface area contributed by atoms with Gasteiger partial charge < -0.3 is 19.8 Å². The predicted molar refractivity (Wildman–Crippen MR) is 131 cm³/mol. The highest BCUT2D eigenvalue weighted by molar-refractivity contribution is 6.30. The molecule has 1 aromatic carbocycles. The van der Waals surface area contributed by atoms with Crippen LogP contribution < -0.4 is 4.90 Å². The van der Waals surface area contributed by atoms with Crippen molar-refractivity contribution in [2.75, 3.05) is 44.7 Å². The quantitative estimate of drug-likeness (QED) is 0.695. The van der Waals surface area contributed by atoms with Crippen LogP contribution in [0.1, 0.15) is 62.0 Å². The van der Waals surface area contributed by atoms with E-state index >= 15 is 0 Å². The van der Waals surface area contributed by atoms with Gasteiger partial charge in [-0.3, -0.25) is 4.79 Å². The van der Waals surface area contributed by atoms with Crippen LogP contribution >= 0.6 is 11.6 Å². The van der Waals surface area contributed by atoms with Crippen molar-refractivity contribution in [3.8, 4) is 0 Å². The van der Waals surface area contributed by atoms with E-state index in [1.165, 1.54) is 0 Å². The molecule has 1 fully saturated rings. The summed E-state index contributed by atoms with van der Waals surface area (Å²) in [6.45, 7) is 9.77. The fourth-order valence-electron chi connectivity index (χ4n) is 4.83. The van der Waals surface area contributed by atoms with Crippen LogP contribution in [0, 0.1) is 0 Å². The van der Waals surface area contributed by atoms with Crippen molar-refractivity contribution in [2.24, 2.45) is 0 Å². The van der Waals surface area contributed by atoms with Gasteiger partial charge >= 0.3 is 0 Å². The lowest BCUT2D eigenvalue weighted by Crippen LogP contribution is -2.51. The smallest absolute Gasteiger partial charge is 0.231 e. The first-order valence-electron chi connectivity index (χ1n) is 11.8. The number of aromatic nitrogens is 2. The summed E-state index contributed by atoms with van der Waals surface area (Å²) in [6.07, 6.45) is 1.72. The first-order chi connectivity index (χ1) is 15.8. The number of aliphatic hydroxyl groups excluding tert-OH is 1. The number of carbonyl (C=O) groups excluding carboxylic acids is 1. The van der Waals surface area contributed by atoms with Gasteiger partial charge in [0, 0.05) is 49.4 Å². The second kappa shape index (κ2) is 9.95. The van der Waals surface area contributed by atoms with Gasteiger partial charge in [0.1, 0.15) is 12.1 Å². The highest BCUT2D eigenvalue weighted by Crippen LogP contribution is 2.42. The number of nitrogens with zero attached hydrogens (tertiary/aromatic N) is 5. The zero-order valence-electron chi connectivity index (χ0n) is 19.9. The molecular weight excluding hydrogens is 438 g/mol. The number of hydrogen-bond acceptors (Lipinski definition) is 6. The molecule has 178 valence electrons. The zero-order valence-corrected chi connectivity index (χ0v) is 20.7. The molecule has 1 N–H and O–H groups in total. The minimum atomic E-state index is -0.516. The number of piperazine rings is 1. The Morgan fingerprint density at radius 1 is 1.18 bits per heavy atom. The average molecular weight is 472 g/mol. The van der Waals surface area contributed by atoms with E-state index in [4.69, 9.17) is 11.6 Å². The molecular formula is C25H34ClN5O2. The molecule has 2 aromatic rings. The lowest BCUT2D eigenvalue weighted by atomic mass is 9.96. The molecule has 4 rings (SSSR count). The van der Waals surface area contributed by atoms with E-state index in [0.29, 0.717) is 50.2 Å². The minimum Gasteiger partial charge on any atom is -0.387 e. The number of likely N-dealkylation sites (N-methyl/N-ethyl adjacent to an activating group) is 1. The molecule has 1 unspecified atom stereocenters. The van der Waals surface area contributed by atoms with Crippen molar-refractivity contribution in [1.82, 2.24) is 19.8 Å². The maximum Gasteiger partial charge on any atom is 0.231 e. The lowest BCUT2D eigenvalue weighted by molar-refractivity contribution is -0.133. The van der Waals surface area contributed by atoms with Crippen molar-refractivity contribution in [3.63, 3.8) is 0 Å². The summed E-state index contributed by atoms with van der Waals surface area (Å²) < 4.78 is 0. The first kappa shape index (κ1) is 23.9. The SMILES string of the molecule is CC(C)N(C)CC(C(=O)N1CCN(c2ncnc3c2[C@H](C)C[C@H]3O)CC1)c1ccc(Cl)cc1. The van der Waals surface area contributed by atoms with E-state index in [9.17, 15) is 9.90 Å². The molecule has 1 aliphatic carbocycles. The molecule has 2 heterocycles. The summed E-state index contributed by atoms with van der Waals surface area (Å²) >= 11 is 6.10. The third-order valence-electron chi connectivity index (χ3n) is 7.09. The Kier molecular flexibility index (Phi) is 7.22. The summed E-state index contributed by atoms with van der Waals surface area (Å²) in [5, 5.41) is 11.0. The third-order valence-corrected chi connectivity index (χ3v) is 7.34. The summed E-state index contributed by atoms with van der Waals surface area (Å²) in [6, 6.07) is 7.99. The number of aliphatic hydroxyl groups is 1. The van der Waals surface area contributed by atoms with E-state index < -0.39 is 6.10 Å². The molecule has 7 nitrogen and oxygen atoms in total. The molecule has 0 saturated carbocycles. The fourth-order valence-corrected chi connectivity index (χ4v) is 4.96. The number of fused-ring (bicyclic) bond motifs is 1. The number of benzene rings is 1. The number of rotatable bonds is 6. The highest BCUT2D eigenvalue weighted by atomic mass is 35.5. The normalized spacial score (nSPS) is 21.6. The Morgan fingerprint density at radius 3 is 2.48 bits per heavy atom. The van der Waals surface area contributed by atoms with Gasteiger partial charge in [-0.15, -0.1) is 0 Å². The van der Waals surface area contributed by atoms with Crippen LogP contribution in [0.2, 0.25) is 5.02 Å². The van der Waals surface area contributed by atoms with Crippen molar-refractivity contribution in [3.05, 3.63) is 52.4 Å². The number of hydrogen-bond donors (Lipinski definition) is 1. The Hall–Kier alpha value is -2.22. The maximum absolute atomic E-state index is 13.7. The van der Waals surface area contributed by atoms with Gasteiger partial charge in [-0.05, 0) is 50.9 Å². The van der Waals surface area contributed by atoms with E-state index in [1.54, 1.807) is 6.33 Å². The van der Waals surface area contributed by atoms with E-state index in [1.807, 2.05) is 29.2 Å². The zero-order chi connectivity index (χ0) is 23.7. The van der Waals surface area contributed by atoms with Crippen LogP contribution in [-0.2, 0) is 4.79 Å². The third kappa shape index (κ3) is 5.00. The largest absolute Gasteiger partial charge is 0.387 e. The van der Waals surface area contributed by atoms with Crippen molar-refractivity contribution in [1.29, 1.82) is 0 Å². The van der Waals surface area contributed by atoms with Crippen molar-refractivity contribution >= 4 is 23.3 Å². The molecule has 33 heavy (non-hydrogen) atoms. The monoisotopic (exact) mass is 471 g/mol. The molecule has 8 heteroatoms. The van der Waals surface area contributed by atoms with Crippen LogP contribution in [0.4, 0.5) is 5.82 Å². The molecule has 1 amide bonds. The summed E-state index contributed by atoms with van der Waals surface area (Å²) in [5.74, 6) is 1.05. The maximum atomic E-state index is 13.7. The molecule has 2 aliphatic rings. The Morgan fingerprint density at radius 2 is 1.85 bits per heavy atom. The van der Waals surface area contributed by atoms with E-state index in [-0.39, 0.29) is 17.7 Å². The number of amides is 1. The second-order valence-corrected chi connectivity index (χ2v) is 10.0. The predicted octanol–water partition coefficient (Wildman–Crippen LogP) is 3.44. The topological polar surface area (TPSA) is 72.8 Å². The summed E-state index contributed by atoms with van der Waals surface area (Å²) in [5.41, 5.74) is 2.81. The molecule has 1 aromatic heterocycles. The van der Waals surface area contributed by atoms with Gasteiger partial charge in [0.15, 0.2) is 0 Å². The second-order valence-electron chi connectivity index (χ2n) is 9.60. The molecule has 1 saturated heterocycles. The molecule has 1 aliphatic heterocycles. The fraction of sp³-hybridized carbons (Fsp3) is 0.560. The van der Waals surface area contributed by atoms with Crippen LogP contribution in [0.5, 0.6) is 0 Å². The van der Waals surface area contributed by atoms with Crippen LogP contribution in [-0.4, -0.2) is 76.6 Å². The average Bonchev–Trinajstić information content (AvgIpc) is 3.11. The van der Waals surface area contributed by atoms with Crippen LogP contribution in [0.15, 0.2) is 30.6 Å². The number of anilines is 1. The molecule has 3 atom stereocenters. The van der Waals surface area contributed by atoms with Crippen LogP contribution in [0.3, 0.4) is 0 Å². The molecule has 0 spiro atoms. The Labute approximate surface area is 201 Å². The van der Waals surface area contributed by atoms with Crippen molar-refractivity contribution < 1.29 is 9.90 Å².